The number of hydrazine groups is 1. The summed E-state index contributed by atoms with van der Waals surface area (Å²) in [5, 5.41) is 13.5. The lowest BCUT2D eigenvalue weighted by atomic mass is 10.1. The molecule has 0 aliphatic rings. The average molecular weight is 268 g/mol. The van der Waals surface area contributed by atoms with E-state index in [1.165, 1.54) is 18.2 Å². The van der Waals surface area contributed by atoms with Crippen LogP contribution in [-0.4, -0.2) is 31.1 Å². The maximum atomic E-state index is 11.9. The summed E-state index contributed by atoms with van der Waals surface area (Å²) in [6, 6.07) is 4.17. The van der Waals surface area contributed by atoms with Gasteiger partial charge in [0.05, 0.1) is 10.5 Å². The fourth-order valence-corrected chi connectivity index (χ4v) is 1.55. The van der Waals surface area contributed by atoms with Crippen molar-refractivity contribution < 1.29 is 14.5 Å². The minimum absolute atomic E-state index is 0.00302. The first kappa shape index (κ1) is 14.9. The van der Waals surface area contributed by atoms with Crippen LogP contribution in [0, 0.1) is 10.1 Å². The van der Waals surface area contributed by atoms with Crippen LogP contribution in [0.25, 0.3) is 0 Å². The van der Waals surface area contributed by atoms with Crippen LogP contribution in [0.5, 0.6) is 0 Å². The molecule has 0 spiro atoms. The monoisotopic (exact) mass is 268 g/mol. The molecule has 1 amide bonds. The summed E-state index contributed by atoms with van der Waals surface area (Å²) in [6.45, 7) is 0.941. The summed E-state index contributed by atoms with van der Waals surface area (Å²) in [4.78, 5) is 22.1. The Morgan fingerprint density at radius 3 is 2.84 bits per heavy atom. The Kier molecular flexibility index (Phi) is 5.71. The van der Waals surface area contributed by atoms with Crippen molar-refractivity contribution in [2.24, 2.45) is 5.84 Å². The van der Waals surface area contributed by atoms with Crippen LogP contribution in [0.15, 0.2) is 18.2 Å². The van der Waals surface area contributed by atoms with Gasteiger partial charge in [-0.1, -0.05) is 6.07 Å². The van der Waals surface area contributed by atoms with Gasteiger partial charge in [-0.05, 0) is 12.5 Å². The van der Waals surface area contributed by atoms with E-state index in [-0.39, 0.29) is 16.9 Å². The first-order valence-electron chi connectivity index (χ1n) is 5.63. The summed E-state index contributed by atoms with van der Waals surface area (Å²) in [7, 11) is 1.57. The maximum Gasteiger partial charge on any atom is 0.294 e. The molecule has 0 fully saturated rings. The molecule has 1 aromatic carbocycles. The quantitative estimate of drug-likeness (QED) is 0.289. The Morgan fingerprint density at radius 1 is 1.53 bits per heavy atom. The minimum Gasteiger partial charge on any atom is -0.385 e. The number of ether oxygens (including phenoxy) is 1. The maximum absolute atomic E-state index is 11.9. The van der Waals surface area contributed by atoms with Crippen molar-refractivity contribution in [3.63, 3.8) is 0 Å². The second-order valence-corrected chi connectivity index (χ2v) is 3.70. The van der Waals surface area contributed by atoms with Crippen LogP contribution in [0.3, 0.4) is 0 Å². The van der Waals surface area contributed by atoms with Gasteiger partial charge in [0.2, 0.25) is 0 Å². The molecule has 1 aromatic rings. The Morgan fingerprint density at radius 2 is 2.26 bits per heavy atom. The van der Waals surface area contributed by atoms with E-state index in [0.29, 0.717) is 19.6 Å². The van der Waals surface area contributed by atoms with Gasteiger partial charge in [0.1, 0.15) is 5.69 Å². The Hall–Kier alpha value is -2.19. The SMILES string of the molecule is COCCCNC(=O)c1cccc([N+](=O)[O-])c1NN. The molecule has 0 aliphatic carbocycles. The number of hydrogen-bond acceptors (Lipinski definition) is 6. The van der Waals surface area contributed by atoms with Crippen molar-refractivity contribution in [3.8, 4) is 0 Å². The number of hydrogen-bond donors (Lipinski definition) is 3. The van der Waals surface area contributed by atoms with Crippen molar-refractivity contribution in [3.05, 3.63) is 33.9 Å². The Balaban J connectivity index is 2.84. The molecule has 0 heterocycles. The van der Waals surface area contributed by atoms with E-state index in [2.05, 4.69) is 10.7 Å². The predicted molar refractivity (Wildman–Crippen MR) is 69.7 cm³/mol. The number of nitrogen functional groups attached to an aromatic ring is 1. The van der Waals surface area contributed by atoms with Crippen LogP contribution in [0.4, 0.5) is 11.4 Å². The number of nitrogens with one attached hydrogen (secondary N) is 2. The number of nitrogens with zero attached hydrogens (tertiary/aromatic N) is 1. The molecule has 0 saturated heterocycles. The highest BCUT2D eigenvalue weighted by Crippen LogP contribution is 2.27. The number of nitro groups is 1. The van der Waals surface area contributed by atoms with E-state index >= 15 is 0 Å². The van der Waals surface area contributed by atoms with Gasteiger partial charge in [0, 0.05) is 26.3 Å². The second-order valence-electron chi connectivity index (χ2n) is 3.70. The molecule has 0 saturated carbocycles. The van der Waals surface area contributed by atoms with Crippen molar-refractivity contribution in [2.45, 2.75) is 6.42 Å². The van der Waals surface area contributed by atoms with Crippen LogP contribution < -0.4 is 16.6 Å². The fraction of sp³-hybridized carbons (Fsp3) is 0.364. The van der Waals surface area contributed by atoms with Gasteiger partial charge in [-0.2, -0.15) is 0 Å². The van der Waals surface area contributed by atoms with Crippen molar-refractivity contribution >= 4 is 17.3 Å². The first-order chi connectivity index (χ1) is 9.11. The zero-order chi connectivity index (χ0) is 14.3. The first-order valence-corrected chi connectivity index (χ1v) is 5.63. The average Bonchev–Trinajstić information content (AvgIpc) is 2.42. The van der Waals surface area contributed by atoms with Gasteiger partial charge < -0.3 is 15.5 Å². The molecule has 19 heavy (non-hydrogen) atoms. The molecule has 8 nitrogen and oxygen atoms in total. The number of anilines is 1. The van der Waals surface area contributed by atoms with Crippen LogP contribution in [0.2, 0.25) is 0 Å². The van der Waals surface area contributed by atoms with Crippen LogP contribution in [-0.2, 0) is 4.74 Å². The number of para-hydroxylation sites is 1. The number of nitro benzene ring substituents is 1. The zero-order valence-electron chi connectivity index (χ0n) is 10.5. The number of amides is 1. The molecule has 0 unspecified atom stereocenters. The van der Waals surface area contributed by atoms with E-state index in [4.69, 9.17) is 10.6 Å². The van der Waals surface area contributed by atoms with Crippen molar-refractivity contribution in [1.82, 2.24) is 5.32 Å². The molecular weight excluding hydrogens is 252 g/mol. The summed E-state index contributed by atoms with van der Waals surface area (Å²) in [5.74, 6) is 4.83. The van der Waals surface area contributed by atoms with Crippen LogP contribution in [0.1, 0.15) is 16.8 Å². The second kappa shape index (κ2) is 7.29. The van der Waals surface area contributed by atoms with Crippen molar-refractivity contribution in [1.29, 1.82) is 0 Å². The highest BCUT2D eigenvalue weighted by Gasteiger charge is 2.20. The third-order valence-corrected chi connectivity index (χ3v) is 2.44. The van der Waals surface area contributed by atoms with Crippen LogP contribution >= 0.6 is 0 Å². The van der Waals surface area contributed by atoms with E-state index in [0.717, 1.165) is 0 Å². The third kappa shape index (κ3) is 3.90. The zero-order valence-corrected chi connectivity index (χ0v) is 10.5. The molecule has 4 N–H and O–H groups in total. The van der Waals surface area contributed by atoms with E-state index < -0.39 is 10.8 Å². The number of benzene rings is 1. The topological polar surface area (TPSA) is 120 Å². The van der Waals surface area contributed by atoms with Crippen molar-refractivity contribution in [2.75, 3.05) is 25.7 Å². The summed E-state index contributed by atoms with van der Waals surface area (Å²) in [5.41, 5.74) is 2.09. The number of nitrogens with two attached hydrogens (primary N) is 1. The van der Waals surface area contributed by atoms with Gasteiger partial charge in [-0.3, -0.25) is 20.8 Å². The Labute approximate surface area is 110 Å². The fourth-order valence-electron chi connectivity index (χ4n) is 1.55. The summed E-state index contributed by atoms with van der Waals surface area (Å²) >= 11 is 0. The molecule has 104 valence electrons. The number of carbonyl (C=O) groups is 1. The van der Waals surface area contributed by atoms with Gasteiger partial charge in [-0.25, -0.2) is 0 Å². The van der Waals surface area contributed by atoms with Gasteiger partial charge in [0.15, 0.2) is 0 Å². The van der Waals surface area contributed by atoms with E-state index in [9.17, 15) is 14.9 Å². The standard InChI is InChI=1S/C11H16N4O4/c1-19-7-3-6-13-11(16)8-4-2-5-9(15(17)18)10(8)14-12/h2,4-5,14H,3,6-7,12H2,1H3,(H,13,16). The van der Waals surface area contributed by atoms with Gasteiger partial charge >= 0.3 is 0 Å². The normalized spacial score (nSPS) is 10.0. The van der Waals surface area contributed by atoms with E-state index in [1.807, 2.05) is 0 Å². The highest BCUT2D eigenvalue weighted by molar-refractivity contribution is 6.01. The molecule has 8 heteroatoms. The number of carbonyl (C=O) groups excluding carboxylic acids is 1. The Bertz CT molecular complexity index is 464. The number of methoxy groups -OCH3 is 1. The molecule has 0 bridgehead atoms. The largest absolute Gasteiger partial charge is 0.385 e. The molecule has 0 aliphatic heterocycles. The molecular formula is C11H16N4O4. The lowest BCUT2D eigenvalue weighted by Crippen LogP contribution is -2.27. The highest BCUT2D eigenvalue weighted by atomic mass is 16.6. The smallest absolute Gasteiger partial charge is 0.294 e. The van der Waals surface area contributed by atoms with E-state index in [1.54, 1.807) is 7.11 Å². The van der Waals surface area contributed by atoms with Gasteiger partial charge in [-0.15, -0.1) is 0 Å². The molecule has 0 atom stereocenters. The lowest BCUT2D eigenvalue weighted by molar-refractivity contribution is -0.384. The third-order valence-electron chi connectivity index (χ3n) is 2.44. The lowest BCUT2D eigenvalue weighted by Gasteiger charge is -2.09. The van der Waals surface area contributed by atoms with Gasteiger partial charge in [0.25, 0.3) is 11.6 Å². The minimum atomic E-state index is -0.600. The number of rotatable bonds is 7. The molecule has 1 rings (SSSR count). The molecule has 0 aromatic heterocycles. The predicted octanol–water partition coefficient (Wildman–Crippen LogP) is 0.647. The summed E-state index contributed by atoms with van der Waals surface area (Å²) < 4.78 is 4.85. The summed E-state index contributed by atoms with van der Waals surface area (Å²) in [6.07, 6.45) is 0.655. The molecule has 0 radical (unpaired) electrons.